The molecule has 0 amide bonds. The first kappa shape index (κ1) is 15.8. The number of hydrogen-bond donors (Lipinski definition) is 2. The van der Waals surface area contributed by atoms with Gasteiger partial charge in [-0.05, 0) is 12.2 Å². The second-order valence-corrected chi connectivity index (χ2v) is 7.11. The number of hydrogen-bond acceptors (Lipinski definition) is 7. The zero-order valence-electron chi connectivity index (χ0n) is 13.0. The van der Waals surface area contributed by atoms with Crippen molar-refractivity contribution < 1.29 is 9.84 Å². The Hall–Kier alpha value is -1.05. The minimum atomic E-state index is -0.251. The minimum absolute atomic E-state index is 0.251. The average molecular weight is 324 g/mol. The van der Waals surface area contributed by atoms with Gasteiger partial charge in [-0.1, -0.05) is 6.92 Å². The van der Waals surface area contributed by atoms with E-state index in [0.29, 0.717) is 19.0 Å². The van der Waals surface area contributed by atoms with Crippen molar-refractivity contribution in [2.45, 2.75) is 25.4 Å². The van der Waals surface area contributed by atoms with E-state index in [0.717, 1.165) is 55.1 Å². The molecule has 0 bridgehead atoms. The molecule has 1 aromatic rings. The summed E-state index contributed by atoms with van der Waals surface area (Å²) < 4.78 is 5.48. The fraction of sp³-hybridized carbons (Fsp3) is 0.733. The van der Waals surface area contributed by atoms with Gasteiger partial charge in [0.1, 0.15) is 5.82 Å². The quantitative estimate of drug-likeness (QED) is 0.733. The molecular weight excluding hydrogens is 300 g/mol. The van der Waals surface area contributed by atoms with E-state index in [1.165, 1.54) is 0 Å². The van der Waals surface area contributed by atoms with Crippen LogP contribution in [-0.4, -0.2) is 65.5 Å². The van der Waals surface area contributed by atoms with E-state index < -0.39 is 0 Å². The third kappa shape index (κ3) is 3.83. The number of nitrogens with zero attached hydrogens (tertiary/aromatic N) is 3. The lowest BCUT2D eigenvalue weighted by molar-refractivity contribution is 0.140. The third-order valence-corrected chi connectivity index (χ3v) is 4.88. The van der Waals surface area contributed by atoms with Crippen molar-refractivity contribution in [1.29, 1.82) is 0 Å². The Kier molecular flexibility index (Phi) is 5.38. The molecule has 0 aromatic carbocycles. The first-order valence-electron chi connectivity index (χ1n) is 7.97. The molecule has 6 nitrogen and oxygen atoms in total. The Labute approximate surface area is 135 Å². The largest absolute Gasteiger partial charge is 0.389 e. The van der Waals surface area contributed by atoms with Gasteiger partial charge in [0.2, 0.25) is 5.95 Å². The van der Waals surface area contributed by atoms with Crippen LogP contribution in [-0.2, 0) is 4.74 Å². The molecule has 3 heterocycles. The highest BCUT2D eigenvalue weighted by Gasteiger charge is 2.28. The van der Waals surface area contributed by atoms with Crippen molar-refractivity contribution in [2.75, 3.05) is 54.6 Å². The van der Waals surface area contributed by atoms with Crippen molar-refractivity contribution in [3.05, 3.63) is 11.8 Å². The number of thioether (sulfide) groups is 1. The number of aromatic nitrogens is 2. The molecule has 22 heavy (non-hydrogen) atoms. The molecule has 2 saturated heterocycles. The van der Waals surface area contributed by atoms with E-state index in [1.54, 1.807) is 0 Å². The smallest absolute Gasteiger partial charge is 0.227 e. The van der Waals surface area contributed by atoms with Crippen molar-refractivity contribution in [2.24, 2.45) is 0 Å². The predicted molar refractivity (Wildman–Crippen MR) is 89.9 cm³/mol. The van der Waals surface area contributed by atoms with Crippen molar-refractivity contribution in [3.63, 3.8) is 0 Å². The topological polar surface area (TPSA) is 70.5 Å². The zero-order valence-corrected chi connectivity index (χ0v) is 13.8. The predicted octanol–water partition coefficient (Wildman–Crippen LogP) is 1.33. The lowest BCUT2D eigenvalue weighted by Gasteiger charge is -2.36. The number of ether oxygens (including phenoxy) is 1. The Bertz CT molecular complexity index is 490. The molecule has 0 spiro atoms. The van der Waals surface area contributed by atoms with Crippen LogP contribution < -0.4 is 10.2 Å². The zero-order chi connectivity index (χ0) is 15.4. The normalized spacial score (nSPS) is 21.9. The summed E-state index contributed by atoms with van der Waals surface area (Å²) in [6.45, 7) is 5.86. The molecule has 7 heteroatoms. The summed E-state index contributed by atoms with van der Waals surface area (Å²) in [5.74, 6) is 4.16. The van der Waals surface area contributed by atoms with Gasteiger partial charge in [0, 0.05) is 44.0 Å². The molecule has 2 fully saturated rings. The molecule has 3 rings (SSSR count). The minimum Gasteiger partial charge on any atom is -0.389 e. The van der Waals surface area contributed by atoms with Crippen molar-refractivity contribution >= 4 is 23.5 Å². The van der Waals surface area contributed by atoms with Crippen LogP contribution in [0, 0.1) is 0 Å². The van der Waals surface area contributed by atoms with Gasteiger partial charge in [-0.15, -0.1) is 0 Å². The van der Waals surface area contributed by atoms with Crippen LogP contribution in [0.2, 0.25) is 0 Å². The number of nitrogens with one attached hydrogen (secondary N) is 1. The molecule has 2 aliphatic heterocycles. The van der Waals surface area contributed by atoms with Gasteiger partial charge in [-0.25, -0.2) is 4.98 Å². The van der Waals surface area contributed by atoms with Crippen molar-refractivity contribution in [1.82, 2.24) is 9.97 Å². The Morgan fingerprint density at radius 3 is 3.00 bits per heavy atom. The maximum absolute atomic E-state index is 9.49. The summed E-state index contributed by atoms with van der Waals surface area (Å²) >= 11 is 1.91. The summed E-state index contributed by atoms with van der Waals surface area (Å²) in [5.41, 5.74) is 1.05. The Balaban J connectivity index is 1.72. The monoisotopic (exact) mass is 324 g/mol. The van der Waals surface area contributed by atoms with E-state index in [-0.39, 0.29) is 6.10 Å². The van der Waals surface area contributed by atoms with Gasteiger partial charge in [0.15, 0.2) is 0 Å². The van der Waals surface area contributed by atoms with Crippen LogP contribution >= 0.6 is 11.8 Å². The fourth-order valence-electron chi connectivity index (χ4n) is 2.68. The number of aliphatic hydroxyl groups excluding tert-OH is 1. The number of anilines is 2. The summed E-state index contributed by atoms with van der Waals surface area (Å²) in [4.78, 5) is 11.3. The molecule has 2 aliphatic rings. The lowest BCUT2D eigenvalue weighted by Crippen LogP contribution is -2.51. The molecule has 1 atom stereocenters. The molecule has 0 aliphatic carbocycles. The van der Waals surface area contributed by atoms with E-state index in [9.17, 15) is 5.11 Å². The van der Waals surface area contributed by atoms with Gasteiger partial charge >= 0.3 is 0 Å². The van der Waals surface area contributed by atoms with E-state index >= 15 is 0 Å². The highest BCUT2D eigenvalue weighted by Crippen LogP contribution is 2.28. The summed E-state index contributed by atoms with van der Waals surface area (Å²) in [7, 11) is 0. The lowest BCUT2D eigenvalue weighted by atomic mass is 10.0. The van der Waals surface area contributed by atoms with E-state index in [4.69, 9.17) is 9.72 Å². The second kappa shape index (κ2) is 7.48. The van der Waals surface area contributed by atoms with Crippen LogP contribution in [0.25, 0.3) is 0 Å². The van der Waals surface area contributed by atoms with Crippen LogP contribution in [0.1, 0.15) is 25.0 Å². The van der Waals surface area contributed by atoms with Crippen LogP contribution in [0.15, 0.2) is 6.07 Å². The maximum atomic E-state index is 9.49. The number of rotatable bonds is 7. The maximum Gasteiger partial charge on any atom is 0.227 e. The summed E-state index contributed by atoms with van der Waals surface area (Å²) in [6, 6.07) is 2.05. The summed E-state index contributed by atoms with van der Waals surface area (Å²) in [6.07, 6.45) is 0.768. The first-order valence-corrected chi connectivity index (χ1v) is 9.13. The number of aliphatic hydroxyl groups is 1. The Morgan fingerprint density at radius 1 is 1.45 bits per heavy atom. The van der Waals surface area contributed by atoms with Crippen LogP contribution in [0.3, 0.4) is 0 Å². The molecule has 1 aromatic heterocycles. The van der Waals surface area contributed by atoms with Gasteiger partial charge in [-0.3, -0.25) is 0 Å². The molecule has 122 valence electrons. The van der Waals surface area contributed by atoms with E-state index in [2.05, 4.69) is 23.3 Å². The van der Waals surface area contributed by atoms with Crippen LogP contribution in [0.5, 0.6) is 0 Å². The van der Waals surface area contributed by atoms with Gasteiger partial charge in [-0.2, -0.15) is 16.7 Å². The van der Waals surface area contributed by atoms with Gasteiger partial charge in [0.25, 0.3) is 0 Å². The SMILES string of the molecule is CCSCCNc1cc([C@H]2CCOC2)nc(N2CC(O)C2)n1. The average Bonchev–Trinajstić information content (AvgIpc) is 3.02. The first-order chi connectivity index (χ1) is 10.8. The van der Waals surface area contributed by atoms with Gasteiger partial charge < -0.3 is 20.1 Å². The third-order valence-electron chi connectivity index (χ3n) is 3.98. The molecule has 0 saturated carbocycles. The highest BCUT2D eigenvalue weighted by molar-refractivity contribution is 7.99. The number of β-amino-alcohol motifs (C(OH)–C–C–N with tert-alkyl or cyclic N) is 1. The summed E-state index contributed by atoms with van der Waals surface area (Å²) in [5, 5.41) is 12.9. The highest BCUT2D eigenvalue weighted by atomic mass is 32.2. The van der Waals surface area contributed by atoms with Crippen LogP contribution in [0.4, 0.5) is 11.8 Å². The molecule has 0 radical (unpaired) electrons. The fourth-order valence-corrected chi connectivity index (χ4v) is 3.21. The van der Waals surface area contributed by atoms with Crippen molar-refractivity contribution in [3.8, 4) is 0 Å². The standard InChI is InChI=1S/C15H24N4O2S/c1-2-22-6-4-16-14-7-13(11-3-5-21-10-11)17-15(18-14)19-8-12(20)9-19/h7,11-12,20H,2-6,8-10H2,1H3,(H,16,17,18)/t11-/m0/s1. The Morgan fingerprint density at radius 2 is 2.32 bits per heavy atom. The molecular formula is C15H24N4O2S. The molecule has 2 N–H and O–H groups in total. The second-order valence-electron chi connectivity index (χ2n) is 5.72. The van der Waals surface area contributed by atoms with Gasteiger partial charge in [0.05, 0.1) is 18.4 Å². The molecule has 0 unspecified atom stereocenters. The van der Waals surface area contributed by atoms with E-state index in [1.807, 2.05) is 16.7 Å².